The summed E-state index contributed by atoms with van der Waals surface area (Å²) in [7, 11) is 1.29. The van der Waals surface area contributed by atoms with Gasteiger partial charge in [-0.1, -0.05) is 0 Å². The van der Waals surface area contributed by atoms with Crippen molar-refractivity contribution in [3.05, 3.63) is 36.0 Å². The summed E-state index contributed by atoms with van der Waals surface area (Å²) in [4.78, 5) is 3.75. The quantitative estimate of drug-likeness (QED) is 0.697. The summed E-state index contributed by atoms with van der Waals surface area (Å²) in [6.07, 6.45) is 1.41. The molecule has 14 heavy (non-hydrogen) atoms. The predicted octanol–water partition coefficient (Wildman–Crippen LogP) is 2.52. The molecule has 1 heterocycles. The van der Waals surface area contributed by atoms with Gasteiger partial charge in [-0.05, 0) is 12.1 Å². The van der Waals surface area contributed by atoms with Crippen molar-refractivity contribution in [1.29, 1.82) is 0 Å². The lowest BCUT2D eigenvalue weighted by Gasteiger charge is -2.05. The summed E-state index contributed by atoms with van der Waals surface area (Å²) >= 11 is 0. The number of ether oxygens (including phenoxy) is 1. The largest absolute Gasteiger partial charge is 0.494 e. The highest BCUT2D eigenvalue weighted by molar-refractivity contribution is 5.81. The van der Waals surface area contributed by atoms with Crippen LogP contribution in [0.25, 0.3) is 10.9 Å². The van der Waals surface area contributed by atoms with Crippen LogP contribution in [0.4, 0.5) is 8.78 Å². The normalized spacial score (nSPS) is 10.5. The maximum Gasteiger partial charge on any atom is 0.174 e. The van der Waals surface area contributed by atoms with Gasteiger partial charge in [0, 0.05) is 17.6 Å². The van der Waals surface area contributed by atoms with Crippen molar-refractivity contribution in [2.75, 3.05) is 7.11 Å². The van der Waals surface area contributed by atoms with E-state index in [1.54, 1.807) is 6.07 Å². The van der Waals surface area contributed by atoms with Gasteiger partial charge in [0.25, 0.3) is 0 Å². The fraction of sp³-hybridized carbons (Fsp3) is 0.100. The molecule has 0 aliphatic carbocycles. The Balaban J connectivity index is 2.87. The second kappa shape index (κ2) is 3.21. The Morgan fingerprint density at radius 1 is 1.36 bits per heavy atom. The minimum Gasteiger partial charge on any atom is -0.494 e. The van der Waals surface area contributed by atoms with E-state index in [0.29, 0.717) is 0 Å². The highest BCUT2D eigenvalue weighted by Gasteiger charge is 2.12. The van der Waals surface area contributed by atoms with Crippen molar-refractivity contribution < 1.29 is 13.5 Å². The van der Waals surface area contributed by atoms with Crippen molar-refractivity contribution in [2.45, 2.75) is 0 Å². The molecule has 0 fully saturated rings. The number of benzene rings is 1. The number of fused-ring (bicyclic) bond motifs is 1. The van der Waals surface area contributed by atoms with Gasteiger partial charge < -0.3 is 4.74 Å². The predicted molar refractivity (Wildman–Crippen MR) is 48.2 cm³/mol. The van der Waals surface area contributed by atoms with Gasteiger partial charge in [-0.25, -0.2) is 8.78 Å². The third kappa shape index (κ3) is 1.19. The fourth-order valence-electron chi connectivity index (χ4n) is 1.30. The number of hydrogen-bond acceptors (Lipinski definition) is 2. The summed E-state index contributed by atoms with van der Waals surface area (Å²) < 4.78 is 31.5. The molecule has 0 aliphatic heterocycles. The Hall–Kier alpha value is -1.71. The van der Waals surface area contributed by atoms with Gasteiger partial charge in [0.05, 0.1) is 7.11 Å². The lowest BCUT2D eigenvalue weighted by molar-refractivity contribution is 0.386. The van der Waals surface area contributed by atoms with E-state index >= 15 is 0 Å². The molecule has 0 saturated heterocycles. The Morgan fingerprint density at radius 3 is 2.86 bits per heavy atom. The number of hydrogen-bond donors (Lipinski definition) is 0. The minimum atomic E-state index is -0.586. The molecule has 0 aliphatic rings. The topological polar surface area (TPSA) is 22.1 Å². The maximum absolute atomic E-state index is 13.5. The van der Waals surface area contributed by atoms with E-state index in [0.717, 1.165) is 6.07 Å². The Bertz CT molecular complexity index is 485. The smallest absolute Gasteiger partial charge is 0.174 e. The van der Waals surface area contributed by atoms with Gasteiger partial charge in [0.2, 0.25) is 0 Å². The Labute approximate surface area is 79.1 Å². The highest BCUT2D eigenvalue weighted by atomic mass is 19.1. The number of aromatic nitrogens is 1. The molecular weight excluding hydrogens is 188 g/mol. The van der Waals surface area contributed by atoms with E-state index < -0.39 is 11.6 Å². The van der Waals surface area contributed by atoms with Crippen molar-refractivity contribution in [3.63, 3.8) is 0 Å². The second-order valence-electron chi connectivity index (χ2n) is 2.77. The lowest BCUT2D eigenvalue weighted by Crippen LogP contribution is -1.93. The van der Waals surface area contributed by atoms with E-state index in [-0.39, 0.29) is 16.7 Å². The molecule has 0 amide bonds. The van der Waals surface area contributed by atoms with E-state index in [1.807, 2.05) is 0 Å². The molecule has 0 atom stereocenters. The number of pyridine rings is 1. The molecule has 0 bridgehead atoms. The van der Waals surface area contributed by atoms with Crippen molar-refractivity contribution in [3.8, 4) is 5.75 Å². The Morgan fingerprint density at radius 2 is 2.14 bits per heavy atom. The van der Waals surface area contributed by atoms with Crippen LogP contribution in [0.5, 0.6) is 5.75 Å². The standard InChI is InChI=1S/C10H7F2NO/c1-14-8-5-7(11)10-6(9(8)12)3-2-4-13-10/h2-5H,1H3. The van der Waals surface area contributed by atoms with Crippen molar-refractivity contribution >= 4 is 10.9 Å². The van der Waals surface area contributed by atoms with Crippen molar-refractivity contribution in [1.82, 2.24) is 4.98 Å². The summed E-state index contributed by atoms with van der Waals surface area (Å²) in [6, 6.07) is 4.00. The van der Waals surface area contributed by atoms with Crippen LogP contribution in [0, 0.1) is 11.6 Å². The van der Waals surface area contributed by atoms with E-state index in [9.17, 15) is 8.78 Å². The zero-order valence-corrected chi connectivity index (χ0v) is 7.42. The second-order valence-corrected chi connectivity index (χ2v) is 2.77. The Kier molecular flexibility index (Phi) is 2.04. The number of nitrogens with zero attached hydrogens (tertiary/aromatic N) is 1. The van der Waals surface area contributed by atoms with Gasteiger partial charge in [-0.2, -0.15) is 0 Å². The van der Waals surface area contributed by atoms with Crippen LogP contribution in [0.3, 0.4) is 0 Å². The summed E-state index contributed by atoms with van der Waals surface area (Å²) in [5.74, 6) is -1.28. The van der Waals surface area contributed by atoms with Crippen LogP contribution >= 0.6 is 0 Å². The zero-order chi connectivity index (χ0) is 10.1. The molecule has 1 aromatic carbocycles. The van der Waals surface area contributed by atoms with E-state index in [4.69, 9.17) is 4.74 Å². The summed E-state index contributed by atoms with van der Waals surface area (Å²) in [5.41, 5.74) is 0.0193. The average Bonchev–Trinajstić information content (AvgIpc) is 2.23. The van der Waals surface area contributed by atoms with Crippen LogP contribution in [0.2, 0.25) is 0 Å². The molecule has 4 heteroatoms. The van der Waals surface area contributed by atoms with Crippen LogP contribution in [0.15, 0.2) is 24.4 Å². The number of rotatable bonds is 1. The summed E-state index contributed by atoms with van der Waals surface area (Å²) in [5, 5.41) is 0.129. The van der Waals surface area contributed by atoms with E-state index in [2.05, 4.69) is 4.98 Å². The fourth-order valence-corrected chi connectivity index (χ4v) is 1.30. The maximum atomic E-state index is 13.5. The first-order chi connectivity index (χ1) is 6.74. The zero-order valence-electron chi connectivity index (χ0n) is 7.42. The molecule has 0 N–H and O–H groups in total. The van der Waals surface area contributed by atoms with Crippen LogP contribution in [-0.4, -0.2) is 12.1 Å². The molecule has 0 radical (unpaired) electrons. The summed E-state index contributed by atoms with van der Waals surface area (Å²) in [6.45, 7) is 0. The molecule has 0 unspecified atom stereocenters. The van der Waals surface area contributed by atoms with Gasteiger partial charge >= 0.3 is 0 Å². The number of methoxy groups -OCH3 is 1. The highest BCUT2D eigenvalue weighted by Crippen LogP contribution is 2.27. The molecule has 2 nitrogen and oxygen atoms in total. The molecular formula is C10H7F2NO. The van der Waals surface area contributed by atoms with Gasteiger partial charge in [-0.3, -0.25) is 4.98 Å². The average molecular weight is 195 g/mol. The molecule has 0 spiro atoms. The van der Waals surface area contributed by atoms with Crippen LogP contribution in [-0.2, 0) is 0 Å². The monoisotopic (exact) mass is 195 g/mol. The first-order valence-corrected chi connectivity index (χ1v) is 4.00. The molecule has 2 aromatic rings. The van der Waals surface area contributed by atoms with Crippen LogP contribution < -0.4 is 4.74 Å². The SMILES string of the molecule is COc1cc(F)c2ncccc2c1F. The van der Waals surface area contributed by atoms with E-state index in [1.165, 1.54) is 19.4 Å². The van der Waals surface area contributed by atoms with Gasteiger partial charge in [0.15, 0.2) is 17.4 Å². The van der Waals surface area contributed by atoms with Crippen molar-refractivity contribution in [2.24, 2.45) is 0 Å². The third-order valence-electron chi connectivity index (χ3n) is 1.96. The molecule has 72 valence electrons. The first kappa shape index (κ1) is 8.87. The number of halogens is 2. The van der Waals surface area contributed by atoms with Gasteiger partial charge in [0.1, 0.15) is 5.52 Å². The van der Waals surface area contributed by atoms with Crippen LogP contribution in [0.1, 0.15) is 0 Å². The molecule has 0 saturated carbocycles. The molecule has 2 rings (SSSR count). The minimum absolute atomic E-state index is 0.0193. The molecule has 1 aromatic heterocycles. The lowest BCUT2D eigenvalue weighted by atomic mass is 10.2. The van der Waals surface area contributed by atoms with Gasteiger partial charge in [-0.15, -0.1) is 0 Å². The first-order valence-electron chi connectivity index (χ1n) is 4.00. The third-order valence-corrected chi connectivity index (χ3v) is 1.96.